The molecule has 2 aromatic carbocycles. The van der Waals surface area contributed by atoms with Crippen molar-refractivity contribution in [1.82, 2.24) is 0 Å². The molecule has 0 saturated carbocycles. The topological polar surface area (TPSA) is 52.6 Å². The fourth-order valence-electron chi connectivity index (χ4n) is 3.68. The number of benzene rings is 2. The third-order valence-corrected chi connectivity index (χ3v) is 4.84. The van der Waals surface area contributed by atoms with E-state index in [1.165, 1.54) is 19.4 Å². The first-order valence-electron chi connectivity index (χ1n) is 8.62. The van der Waals surface area contributed by atoms with Crippen molar-refractivity contribution in [2.75, 3.05) is 0 Å². The molecule has 0 bridgehead atoms. The van der Waals surface area contributed by atoms with Gasteiger partial charge in [0.15, 0.2) is 0 Å². The highest BCUT2D eigenvalue weighted by atomic mass is 16.5. The molecule has 0 spiro atoms. The molecular weight excluding hydrogens is 328 g/mol. The van der Waals surface area contributed by atoms with Crippen LogP contribution in [0.15, 0.2) is 24.8 Å². The predicted molar refractivity (Wildman–Crippen MR) is 101 cm³/mol. The van der Waals surface area contributed by atoms with Crippen molar-refractivity contribution >= 4 is 18.0 Å². The molecule has 26 heavy (non-hydrogen) atoms. The summed E-state index contributed by atoms with van der Waals surface area (Å²) in [6.45, 7) is 10.7. The zero-order chi connectivity index (χ0) is 19.0. The van der Waals surface area contributed by atoms with Crippen molar-refractivity contribution in [1.29, 1.82) is 0 Å². The van der Waals surface area contributed by atoms with E-state index in [1.807, 2.05) is 38.1 Å². The number of rotatable bonds is 3. The standard InChI is InChI=1S/C22H22O4/c1-6-17-12(2)21(26-15(5)24)11-16-7-8-18-13(3)20(25-14(4)23)10-9-19(18)22(16)17/h6,9-11H,1,7-8H2,2-5H3. The van der Waals surface area contributed by atoms with Gasteiger partial charge in [-0.3, -0.25) is 9.59 Å². The van der Waals surface area contributed by atoms with Crippen LogP contribution < -0.4 is 9.47 Å². The van der Waals surface area contributed by atoms with Crippen LogP contribution in [0.1, 0.15) is 41.7 Å². The van der Waals surface area contributed by atoms with Crippen LogP contribution in [-0.4, -0.2) is 11.9 Å². The Balaban J connectivity index is 2.22. The van der Waals surface area contributed by atoms with Crippen LogP contribution in [0.2, 0.25) is 0 Å². The van der Waals surface area contributed by atoms with E-state index in [9.17, 15) is 9.59 Å². The van der Waals surface area contributed by atoms with Crippen LogP contribution >= 0.6 is 0 Å². The van der Waals surface area contributed by atoms with Gasteiger partial charge in [0.2, 0.25) is 0 Å². The van der Waals surface area contributed by atoms with Crippen molar-refractivity contribution in [2.24, 2.45) is 0 Å². The second-order valence-corrected chi connectivity index (χ2v) is 6.55. The van der Waals surface area contributed by atoms with Crippen LogP contribution in [0.3, 0.4) is 0 Å². The number of carbonyl (C=O) groups is 2. The fourth-order valence-corrected chi connectivity index (χ4v) is 3.68. The van der Waals surface area contributed by atoms with E-state index in [-0.39, 0.29) is 11.9 Å². The largest absolute Gasteiger partial charge is 0.426 e. The summed E-state index contributed by atoms with van der Waals surface area (Å²) in [6.07, 6.45) is 3.47. The van der Waals surface area contributed by atoms with Crippen molar-refractivity contribution in [3.63, 3.8) is 0 Å². The molecule has 4 nitrogen and oxygen atoms in total. The van der Waals surface area contributed by atoms with Gasteiger partial charge >= 0.3 is 11.9 Å². The first-order valence-corrected chi connectivity index (χ1v) is 8.62. The Morgan fingerprint density at radius 1 is 1.00 bits per heavy atom. The maximum Gasteiger partial charge on any atom is 0.308 e. The van der Waals surface area contributed by atoms with E-state index in [0.717, 1.165) is 46.2 Å². The normalized spacial score (nSPS) is 12.0. The van der Waals surface area contributed by atoms with Gasteiger partial charge in [0.05, 0.1) is 0 Å². The monoisotopic (exact) mass is 350 g/mol. The molecule has 0 heterocycles. The Hall–Kier alpha value is -2.88. The van der Waals surface area contributed by atoms with Gasteiger partial charge in [-0.15, -0.1) is 0 Å². The van der Waals surface area contributed by atoms with E-state index in [0.29, 0.717) is 11.5 Å². The van der Waals surface area contributed by atoms with Crippen LogP contribution in [0, 0.1) is 13.8 Å². The number of fused-ring (bicyclic) bond motifs is 3. The molecule has 0 unspecified atom stereocenters. The molecule has 134 valence electrons. The maximum absolute atomic E-state index is 11.4. The minimum Gasteiger partial charge on any atom is -0.426 e. The molecule has 0 aliphatic heterocycles. The van der Waals surface area contributed by atoms with Gasteiger partial charge in [-0.05, 0) is 77.8 Å². The van der Waals surface area contributed by atoms with E-state index >= 15 is 0 Å². The van der Waals surface area contributed by atoms with E-state index in [4.69, 9.17) is 9.47 Å². The second-order valence-electron chi connectivity index (χ2n) is 6.55. The zero-order valence-electron chi connectivity index (χ0n) is 15.6. The number of esters is 2. The van der Waals surface area contributed by atoms with Crippen LogP contribution in [-0.2, 0) is 22.4 Å². The lowest BCUT2D eigenvalue weighted by molar-refractivity contribution is -0.132. The lowest BCUT2D eigenvalue weighted by Crippen LogP contribution is -2.12. The molecule has 0 N–H and O–H groups in total. The van der Waals surface area contributed by atoms with Gasteiger partial charge < -0.3 is 9.47 Å². The van der Waals surface area contributed by atoms with Crippen molar-refractivity contribution in [3.8, 4) is 22.6 Å². The quantitative estimate of drug-likeness (QED) is 0.601. The minimum absolute atomic E-state index is 0.321. The summed E-state index contributed by atoms with van der Waals surface area (Å²) >= 11 is 0. The van der Waals surface area contributed by atoms with Gasteiger partial charge in [0, 0.05) is 13.8 Å². The zero-order valence-corrected chi connectivity index (χ0v) is 15.6. The number of ether oxygens (including phenoxy) is 2. The average Bonchev–Trinajstić information content (AvgIpc) is 2.57. The summed E-state index contributed by atoms with van der Waals surface area (Å²) < 4.78 is 10.7. The van der Waals surface area contributed by atoms with Crippen LogP contribution in [0.5, 0.6) is 11.5 Å². The number of hydrogen-bond donors (Lipinski definition) is 0. The average molecular weight is 350 g/mol. The van der Waals surface area contributed by atoms with Gasteiger partial charge in [-0.2, -0.15) is 0 Å². The Bertz CT molecular complexity index is 938. The summed E-state index contributed by atoms with van der Waals surface area (Å²) in [5.41, 5.74) is 7.40. The molecule has 0 amide bonds. The summed E-state index contributed by atoms with van der Waals surface area (Å²) in [5.74, 6) is 0.537. The Labute approximate surface area is 153 Å². The van der Waals surface area contributed by atoms with Gasteiger partial charge in [-0.25, -0.2) is 0 Å². The lowest BCUT2D eigenvalue weighted by atomic mass is 9.79. The van der Waals surface area contributed by atoms with Gasteiger partial charge in [-0.1, -0.05) is 18.7 Å². The van der Waals surface area contributed by atoms with Gasteiger partial charge in [0.1, 0.15) is 11.5 Å². The van der Waals surface area contributed by atoms with Crippen molar-refractivity contribution in [2.45, 2.75) is 40.5 Å². The van der Waals surface area contributed by atoms with Crippen molar-refractivity contribution < 1.29 is 19.1 Å². The highest BCUT2D eigenvalue weighted by molar-refractivity contribution is 5.86. The molecule has 0 radical (unpaired) electrons. The van der Waals surface area contributed by atoms with E-state index in [1.54, 1.807) is 0 Å². The van der Waals surface area contributed by atoms with Crippen LogP contribution in [0.4, 0.5) is 0 Å². The summed E-state index contributed by atoms with van der Waals surface area (Å²) in [4.78, 5) is 22.7. The molecule has 0 atom stereocenters. The third kappa shape index (κ3) is 3.03. The minimum atomic E-state index is -0.332. The number of hydrogen-bond acceptors (Lipinski definition) is 4. The first kappa shape index (κ1) is 17.9. The molecule has 0 aromatic heterocycles. The molecule has 2 aromatic rings. The SMILES string of the molecule is C=Cc1c(C)c(OC(C)=O)cc2c1-c1ccc(OC(C)=O)c(C)c1CC2. The number of carbonyl (C=O) groups excluding carboxylic acids is 2. The molecular formula is C22H22O4. The Morgan fingerprint density at radius 2 is 1.65 bits per heavy atom. The third-order valence-electron chi connectivity index (χ3n) is 4.84. The Kier molecular flexibility index (Phi) is 4.68. The van der Waals surface area contributed by atoms with Crippen molar-refractivity contribution in [3.05, 3.63) is 52.6 Å². The number of aryl methyl sites for hydroxylation is 1. The molecule has 0 fully saturated rings. The molecule has 1 aliphatic carbocycles. The van der Waals surface area contributed by atoms with Crippen LogP contribution in [0.25, 0.3) is 17.2 Å². The summed E-state index contributed by atoms with van der Waals surface area (Å²) in [5, 5.41) is 0. The molecule has 1 aliphatic rings. The highest BCUT2D eigenvalue weighted by Crippen LogP contribution is 2.43. The fraction of sp³-hybridized carbons (Fsp3) is 0.273. The molecule has 3 rings (SSSR count). The van der Waals surface area contributed by atoms with Gasteiger partial charge in [0.25, 0.3) is 0 Å². The molecule has 4 heteroatoms. The van der Waals surface area contributed by atoms with E-state index < -0.39 is 0 Å². The maximum atomic E-state index is 11.4. The molecule has 0 saturated heterocycles. The summed E-state index contributed by atoms with van der Waals surface area (Å²) in [6, 6.07) is 5.79. The lowest BCUT2D eigenvalue weighted by Gasteiger charge is -2.26. The predicted octanol–water partition coefficient (Wildman–Crippen LogP) is 4.56. The van der Waals surface area contributed by atoms with E-state index in [2.05, 4.69) is 6.58 Å². The highest BCUT2D eigenvalue weighted by Gasteiger charge is 2.25. The smallest absolute Gasteiger partial charge is 0.308 e. The first-order chi connectivity index (χ1) is 12.3. The summed E-state index contributed by atoms with van der Waals surface area (Å²) in [7, 11) is 0. The second kappa shape index (κ2) is 6.79. The Morgan fingerprint density at radius 3 is 2.27 bits per heavy atom.